The van der Waals surface area contributed by atoms with Crippen LogP contribution in [0.15, 0.2) is 114 Å². The van der Waals surface area contributed by atoms with Crippen LogP contribution in [0.3, 0.4) is 0 Å². The number of rotatable bonds is 12. The molecule has 3 fully saturated rings. The van der Waals surface area contributed by atoms with Gasteiger partial charge in [-0.2, -0.15) is 4.31 Å². The predicted molar refractivity (Wildman–Crippen MR) is 208 cm³/mol. The highest BCUT2D eigenvalue weighted by Gasteiger charge is 2.65. The van der Waals surface area contributed by atoms with E-state index in [1.165, 1.54) is 45.6 Å². The van der Waals surface area contributed by atoms with Crippen LogP contribution in [0.2, 0.25) is 0 Å². The van der Waals surface area contributed by atoms with E-state index in [0.29, 0.717) is 11.1 Å². The second kappa shape index (κ2) is 17.0. The Morgan fingerprint density at radius 2 is 1.41 bits per heavy atom. The number of nitrogens with one attached hydrogen (secondary N) is 2. The van der Waals surface area contributed by atoms with Crippen molar-refractivity contribution >= 4 is 28.1 Å². The number of amides is 3. The van der Waals surface area contributed by atoms with Gasteiger partial charge < -0.3 is 25.0 Å². The highest BCUT2D eigenvalue weighted by Crippen LogP contribution is 2.57. The molecule has 59 heavy (non-hydrogen) atoms. The molecule has 4 aromatic carbocycles. The lowest BCUT2D eigenvalue weighted by Gasteiger charge is -2.41. The zero-order valence-corrected chi connectivity index (χ0v) is 32.9. The van der Waals surface area contributed by atoms with E-state index < -0.39 is 93.9 Å². The summed E-state index contributed by atoms with van der Waals surface area (Å²) in [4.78, 5) is 41.9. The molecule has 7 rings (SSSR count). The minimum absolute atomic E-state index is 0.00612. The average Bonchev–Trinajstić information content (AvgIpc) is 3.80. The molecule has 1 spiro atoms. The van der Waals surface area contributed by atoms with E-state index in [9.17, 15) is 31.6 Å². The SMILES string of the molecule is COC(=O)N[C@H](C(=O)NC1CC(F)(F)CC1C[C@@H]1C[C@]12CN(C(=O)OCc1ccccc1)CCN2S(=O)(=O)c1ccccc1)C(c1ccc(F)cc1)c1ccc(F)cc1. The van der Waals surface area contributed by atoms with Crippen molar-refractivity contribution in [1.82, 2.24) is 19.8 Å². The average molecular weight is 837 g/mol. The second-order valence-electron chi connectivity index (χ2n) is 15.4. The molecule has 2 unspecified atom stereocenters. The van der Waals surface area contributed by atoms with Crippen LogP contribution in [0.1, 0.15) is 48.3 Å². The lowest BCUT2D eigenvalue weighted by atomic mass is 9.84. The topological polar surface area (TPSA) is 134 Å². The van der Waals surface area contributed by atoms with E-state index in [4.69, 9.17) is 9.47 Å². The minimum Gasteiger partial charge on any atom is -0.453 e. The fraction of sp³-hybridized carbons (Fsp3) is 0.372. The number of methoxy groups -OCH3 is 1. The van der Waals surface area contributed by atoms with Gasteiger partial charge in [0.05, 0.1) is 17.5 Å². The van der Waals surface area contributed by atoms with Gasteiger partial charge in [0, 0.05) is 44.4 Å². The molecule has 0 aromatic heterocycles. The Morgan fingerprint density at radius 3 is 2.00 bits per heavy atom. The monoisotopic (exact) mass is 836 g/mol. The molecule has 11 nitrogen and oxygen atoms in total. The highest BCUT2D eigenvalue weighted by atomic mass is 32.2. The molecule has 2 aliphatic carbocycles. The van der Waals surface area contributed by atoms with E-state index in [0.717, 1.165) is 36.9 Å². The summed E-state index contributed by atoms with van der Waals surface area (Å²) in [7, 11) is -3.00. The van der Waals surface area contributed by atoms with Gasteiger partial charge in [0.25, 0.3) is 5.92 Å². The fourth-order valence-corrected chi connectivity index (χ4v) is 10.5. The number of nitrogens with zero attached hydrogens (tertiary/aromatic N) is 2. The van der Waals surface area contributed by atoms with E-state index in [2.05, 4.69) is 10.6 Å². The summed E-state index contributed by atoms with van der Waals surface area (Å²) in [5.41, 5.74) is 0.375. The molecule has 1 aliphatic heterocycles. The van der Waals surface area contributed by atoms with Gasteiger partial charge in [0.15, 0.2) is 0 Å². The van der Waals surface area contributed by atoms with Crippen molar-refractivity contribution in [1.29, 1.82) is 0 Å². The summed E-state index contributed by atoms with van der Waals surface area (Å²) in [6.45, 7) is -0.0256. The zero-order valence-electron chi connectivity index (χ0n) is 32.1. The maximum atomic E-state index is 15.4. The first kappa shape index (κ1) is 41.7. The van der Waals surface area contributed by atoms with Gasteiger partial charge in [-0.05, 0) is 77.8 Å². The molecule has 2 saturated carbocycles. The van der Waals surface area contributed by atoms with Crippen molar-refractivity contribution in [3.05, 3.63) is 138 Å². The van der Waals surface area contributed by atoms with Crippen LogP contribution in [0.5, 0.6) is 0 Å². The van der Waals surface area contributed by atoms with Crippen LogP contribution in [0, 0.1) is 23.5 Å². The number of halogens is 4. The first-order chi connectivity index (χ1) is 28.2. The van der Waals surface area contributed by atoms with Gasteiger partial charge in [-0.3, -0.25) is 4.79 Å². The molecule has 0 radical (unpaired) electrons. The molecule has 3 aliphatic rings. The highest BCUT2D eigenvalue weighted by molar-refractivity contribution is 7.89. The Bertz CT molecular complexity index is 2190. The molecule has 0 bridgehead atoms. The molecule has 16 heteroatoms. The Kier molecular flexibility index (Phi) is 12.0. The lowest BCUT2D eigenvalue weighted by Crippen LogP contribution is -2.59. The van der Waals surface area contributed by atoms with Gasteiger partial charge in [-0.1, -0.05) is 72.8 Å². The zero-order chi connectivity index (χ0) is 42.0. The van der Waals surface area contributed by atoms with Crippen molar-refractivity contribution in [3.8, 4) is 0 Å². The normalized spacial score (nSPS) is 23.1. The van der Waals surface area contributed by atoms with Gasteiger partial charge >= 0.3 is 12.2 Å². The number of piperazine rings is 1. The third-order valence-electron chi connectivity index (χ3n) is 11.6. The fourth-order valence-electron chi connectivity index (χ4n) is 8.69. The largest absolute Gasteiger partial charge is 0.453 e. The van der Waals surface area contributed by atoms with Crippen molar-refractivity contribution in [3.63, 3.8) is 0 Å². The summed E-state index contributed by atoms with van der Waals surface area (Å²) in [6, 6.07) is 24.6. The summed E-state index contributed by atoms with van der Waals surface area (Å²) >= 11 is 0. The van der Waals surface area contributed by atoms with Crippen molar-refractivity contribution in [2.24, 2.45) is 11.8 Å². The van der Waals surface area contributed by atoms with E-state index in [1.807, 2.05) is 30.3 Å². The van der Waals surface area contributed by atoms with Gasteiger partial charge in [-0.15, -0.1) is 0 Å². The number of alkyl carbamates (subject to hydrolysis) is 1. The van der Waals surface area contributed by atoms with Crippen LogP contribution >= 0.6 is 0 Å². The third-order valence-corrected chi connectivity index (χ3v) is 13.6. The maximum Gasteiger partial charge on any atom is 0.410 e. The number of benzene rings is 4. The number of sulfonamides is 1. The summed E-state index contributed by atoms with van der Waals surface area (Å²) in [6.07, 6.45) is -2.61. The summed E-state index contributed by atoms with van der Waals surface area (Å²) < 4.78 is 99.1. The van der Waals surface area contributed by atoms with Gasteiger partial charge in [0.1, 0.15) is 24.3 Å². The molecule has 4 aromatic rings. The standard InChI is InChI=1S/C43H44F4N4O7S/c1-57-40(53)49-38(37(29-12-16-33(44)17-13-29)30-14-18-34(45)19-15-30)39(52)48-36-25-43(46,47)23-31(36)22-32-24-42(32)27-50(41(54)58-26-28-8-4-2-5-9-28)20-21-51(42)59(55,56)35-10-6-3-7-11-35/h2-19,31-32,36-38H,20-27H2,1H3,(H,48,52)(H,49,53)/t31?,32-,36?,38+,42+/m1/s1. The van der Waals surface area contributed by atoms with E-state index in [-0.39, 0.29) is 44.0 Å². The molecule has 5 atom stereocenters. The van der Waals surface area contributed by atoms with Crippen molar-refractivity contribution in [2.45, 2.75) is 66.6 Å². The molecular weight excluding hydrogens is 793 g/mol. The van der Waals surface area contributed by atoms with E-state index in [1.54, 1.807) is 18.2 Å². The van der Waals surface area contributed by atoms with Gasteiger partial charge in [0.2, 0.25) is 15.9 Å². The molecular formula is C43H44F4N4O7S. The Balaban J connectivity index is 1.15. The smallest absolute Gasteiger partial charge is 0.410 e. The number of hydrogen-bond donors (Lipinski definition) is 2. The van der Waals surface area contributed by atoms with Crippen LogP contribution in [0.4, 0.5) is 27.2 Å². The summed E-state index contributed by atoms with van der Waals surface area (Å²) in [5.74, 6) is -7.52. The van der Waals surface area contributed by atoms with Crippen molar-refractivity contribution in [2.75, 3.05) is 26.7 Å². The lowest BCUT2D eigenvalue weighted by molar-refractivity contribution is -0.124. The van der Waals surface area contributed by atoms with Crippen LogP contribution < -0.4 is 10.6 Å². The van der Waals surface area contributed by atoms with Crippen LogP contribution in [0.25, 0.3) is 0 Å². The van der Waals surface area contributed by atoms with Gasteiger partial charge in [-0.25, -0.2) is 35.6 Å². The number of carbonyl (C=O) groups excluding carboxylic acids is 3. The molecule has 2 N–H and O–H groups in total. The Morgan fingerprint density at radius 1 is 0.814 bits per heavy atom. The molecule has 312 valence electrons. The molecule has 1 saturated heterocycles. The number of alkyl halides is 2. The second-order valence-corrected chi connectivity index (χ2v) is 17.3. The third kappa shape index (κ3) is 9.23. The number of ether oxygens (including phenoxy) is 2. The number of hydrogen-bond acceptors (Lipinski definition) is 7. The quantitative estimate of drug-likeness (QED) is 0.149. The Labute approximate surface area is 339 Å². The molecule has 3 amide bonds. The van der Waals surface area contributed by atoms with Crippen LogP contribution in [-0.2, 0) is 30.9 Å². The molecule has 1 heterocycles. The maximum absolute atomic E-state index is 15.4. The minimum atomic E-state index is -4.09. The van der Waals surface area contributed by atoms with E-state index >= 15 is 8.78 Å². The number of carbonyl (C=O) groups is 3. The predicted octanol–water partition coefficient (Wildman–Crippen LogP) is 6.84. The first-order valence-corrected chi connectivity index (χ1v) is 20.7. The van der Waals surface area contributed by atoms with Crippen LogP contribution in [-0.4, -0.2) is 86.0 Å². The van der Waals surface area contributed by atoms with Crippen molar-refractivity contribution < 1.29 is 49.8 Å². The first-order valence-electron chi connectivity index (χ1n) is 19.3. The Hall–Kier alpha value is -5.48. The summed E-state index contributed by atoms with van der Waals surface area (Å²) in [5, 5.41) is 5.26.